The van der Waals surface area contributed by atoms with Crippen molar-refractivity contribution < 1.29 is 22.7 Å². The molecule has 1 rings (SSSR count). The molecular formula is C11H10BrF3O2. The van der Waals surface area contributed by atoms with Crippen LogP contribution in [0.3, 0.4) is 0 Å². The molecule has 0 aliphatic carbocycles. The molecular weight excluding hydrogens is 301 g/mol. The Kier molecular flexibility index (Phi) is 4.56. The lowest BCUT2D eigenvalue weighted by Gasteiger charge is -2.14. The molecule has 0 aliphatic heterocycles. The standard InChI is InChI=1S/C11H10BrF3O2/c1-17-9-4-2-3-7(11(13,14)15)10(9)8(16)5-6-12/h2-4H,5-6H2,1H3. The number of hydrogen-bond acceptors (Lipinski definition) is 2. The quantitative estimate of drug-likeness (QED) is 0.626. The number of alkyl halides is 4. The highest BCUT2D eigenvalue weighted by molar-refractivity contribution is 9.09. The van der Waals surface area contributed by atoms with E-state index in [-0.39, 0.29) is 12.2 Å². The van der Waals surface area contributed by atoms with Gasteiger partial charge in [0.2, 0.25) is 0 Å². The molecule has 0 bridgehead atoms. The Bertz CT molecular complexity index is 416. The third kappa shape index (κ3) is 3.21. The van der Waals surface area contributed by atoms with Gasteiger partial charge in [0.05, 0.1) is 18.2 Å². The van der Waals surface area contributed by atoms with Gasteiger partial charge in [0.15, 0.2) is 5.78 Å². The molecule has 0 heterocycles. The van der Waals surface area contributed by atoms with E-state index in [1.165, 1.54) is 19.2 Å². The molecule has 0 N–H and O–H groups in total. The van der Waals surface area contributed by atoms with Crippen LogP contribution in [0.5, 0.6) is 5.75 Å². The zero-order valence-electron chi connectivity index (χ0n) is 8.97. The van der Waals surface area contributed by atoms with Gasteiger partial charge in [-0.05, 0) is 12.1 Å². The highest BCUT2D eigenvalue weighted by Gasteiger charge is 2.36. The van der Waals surface area contributed by atoms with Crippen LogP contribution in [-0.4, -0.2) is 18.2 Å². The SMILES string of the molecule is COc1cccc(C(F)(F)F)c1C(=O)CCBr. The van der Waals surface area contributed by atoms with Crippen LogP contribution in [0.1, 0.15) is 22.3 Å². The van der Waals surface area contributed by atoms with E-state index in [9.17, 15) is 18.0 Å². The van der Waals surface area contributed by atoms with Crippen molar-refractivity contribution in [3.63, 3.8) is 0 Å². The van der Waals surface area contributed by atoms with Crippen LogP contribution in [0.15, 0.2) is 18.2 Å². The summed E-state index contributed by atoms with van der Waals surface area (Å²) >= 11 is 3.03. The van der Waals surface area contributed by atoms with Crippen molar-refractivity contribution in [2.45, 2.75) is 12.6 Å². The minimum absolute atomic E-state index is 0.0105. The fourth-order valence-electron chi connectivity index (χ4n) is 1.44. The number of ether oxygens (including phenoxy) is 1. The maximum absolute atomic E-state index is 12.7. The largest absolute Gasteiger partial charge is 0.496 e. The van der Waals surface area contributed by atoms with Crippen molar-refractivity contribution in [3.8, 4) is 5.75 Å². The first-order valence-electron chi connectivity index (χ1n) is 4.75. The summed E-state index contributed by atoms with van der Waals surface area (Å²) in [6.45, 7) is 0. The average molecular weight is 311 g/mol. The lowest BCUT2D eigenvalue weighted by molar-refractivity contribution is -0.138. The molecule has 0 saturated heterocycles. The molecule has 6 heteroatoms. The number of benzene rings is 1. The van der Waals surface area contributed by atoms with Crippen LogP contribution < -0.4 is 4.74 Å². The van der Waals surface area contributed by atoms with Gasteiger partial charge in [-0.15, -0.1) is 0 Å². The first-order valence-corrected chi connectivity index (χ1v) is 5.87. The smallest absolute Gasteiger partial charge is 0.417 e. The number of Topliss-reactive ketones (excluding diaryl/α,β-unsaturated/α-hetero) is 1. The molecule has 0 aliphatic rings. The lowest BCUT2D eigenvalue weighted by Crippen LogP contribution is -2.14. The molecule has 0 atom stereocenters. The summed E-state index contributed by atoms with van der Waals surface area (Å²) in [7, 11) is 1.24. The van der Waals surface area contributed by atoms with Crippen LogP contribution in [0, 0.1) is 0 Å². The Morgan fingerprint density at radius 3 is 2.53 bits per heavy atom. The van der Waals surface area contributed by atoms with Crippen molar-refractivity contribution in [1.82, 2.24) is 0 Å². The highest BCUT2D eigenvalue weighted by Crippen LogP contribution is 2.36. The molecule has 94 valence electrons. The summed E-state index contributed by atoms with van der Waals surface area (Å²) in [5.41, 5.74) is -1.36. The fraction of sp³-hybridized carbons (Fsp3) is 0.364. The van der Waals surface area contributed by atoms with E-state index in [2.05, 4.69) is 15.9 Å². The number of methoxy groups -OCH3 is 1. The number of ketones is 1. The molecule has 2 nitrogen and oxygen atoms in total. The van der Waals surface area contributed by atoms with Gasteiger partial charge in [0.25, 0.3) is 0 Å². The van der Waals surface area contributed by atoms with E-state index < -0.39 is 23.1 Å². The second-order valence-corrected chi connectivity index (χ2v) is 4.04. The van der Waals surface area contributed by atoms with Gasteiger partial charge >= 0.3 is 6.18 Å². The molecule has 0 saturated carbocycles. The van der Waals surface area contributed by atoms with Crippen LogP contribution in [0.2, 0.25) is 0 Å². The molecule has 17 heavy (non-hydrogen) atoms. The molecule has 0 spiro atoms. The Hall–Kier alpha value is -1.04. The summed E-state index contributed by atoms with van der Waals surface area (Å²) in [6.07, 6.45) is -4.57. The average Bonchev–Trinajstić information content (AvgIpc) is 2.27. The molecule has 0 amide bonds. The van der Waals surface area contributed by atoms with E-state index in [4.69, 9.17) is 4.74 Å². The zero-order valence-corrected chi connectivity index (χ0v) is 10.6. The van der Waals surface area contributed by atoms with Gasteiger partial charge in [-0.25, -0.2) is 0 Å². The summed E-state index contributed by atoms with van der Waals surface area (Å²) in [4.78, 5) is 11.7. The van der Waals surface area contributed by atoms with Crippen LogP contribution in [0.4, 0.5) is 13.2 Å². The summed E-state index contributed by atoms with van der Waals surface area (Å²) < 4.78 is 43.0. The topological polar surface area (TPSA) is 26.3 Å². The van der Waals surface area contributed by atoms with Crippen molar-refractivity contribution in [3.05, 3.63) is 29.3 Å². The van der Waals surface area contributed by atoms with Crippen molar-refractivity contribution >= 4 is 21.7 Å². The predicted octanol–water partition coefficient (Wildman–Crippen LogP) is 3.68. The Morgan fingerprint density at radius 2 is 2.06 bits per heavy atom. The predicted molar refractivity (Wildman–Crippen MR) is 60.7 cm³/mol. The Labute approximate surface area is 105 Å². The minimum Gasteiger partial charge on any atom is -0.496 e. The van der Waals surface area contributed by atoms with E-state index >= 15 is 0 Å². The normalized spacial score (nSPS) is 11.4. The molecule has 0 unspecified atom stereocenters. The van der Waals surface area contributed by atoms with Crippen molar-refractivity contribution in [2.24, 2.45) is 0 Å². The fourth-order valence-corrected chi connectivity index (χ4v) is 1.80. The molecule has 1 aromatic rings. The van der Waals surface area contributed by atoms with Gasteiger partial charge in [-0.3, -0.25) is 4.79 Å². The first kappa shape index (κ1) is 14.0. The summed E-state index contributed by atoms with van der Waals surface area (Å²) in [6, 6.07) is 3.44. The highest BCUT2D eigenvalue weighted by atomic mass is 79.9. The summed E-state index contributed by atoms with van der Waals surface area (Å²) in [5.74, 6) is -0.641. The van der Waals surface area contributed by atoms with Crippen molar-refractivity contribution in [2.75, 3.05) is 12.4 Å². The third-order valence-electron chi connectivity index (χ3n) is 2.15. The maximum Gasteiger partial charge on any atom is 0.417 e. The second kappa shape index (κ2) is 5.53. The van der Waals surface area contributed by atoms with Gasteiger partial charge < -0.3 is 4.74 Å². The Balaban J connectivity index is 3.36. The van der Waals surface area contributed by atoms with E-state index in [1.54, 1.807) is 0 Å². The van der Waals surface area contributed by atoms with Crippen LogP contribution in [-0.2, 0) is 6.18 Å². The lowest BCUT2D eigenvalue weighted by atomic mass is 10.0. The minimum atomic E-state index is -4.56. The molecule has 0 aromatic heterocycles. The maximum atomic E-state index is 12.7. The van der Waals surface area contributed by atoms with Gasteiger partial charge in [-0.1, -0.05) is 22.0 Å². The van der Waals surface area contributed by atoms with Crippen LogP contribution >= 0.6 is 15.9 Å². The molecule has 0 fully saturated rings. The first-order chi connectivity index (χ1) is 7.91. The van der Waals surface area contributed by atoms with E-state index in [0.717, 1.165) is 6.07 Å². The van der Waals surface area contributed by atoms with E-state index in [0.29, 0.717) is 5.33 Å². The summed E-state index contributed by atoms with van der Waals surface area (Å²) in [5, 5.41) is 0.307. The number of carbonyl (C=O) groups excluding carboxylic acids is 1. The molecule has 1 aromatic carbocycles. The number of halogens is 4. The monoisotopic (exact) mass is 310 g/mol. The van der Waals surface area contributed by atoms with Gasteiger partial charge in [-0.2, -0.15) is 13.2 Å². The third-order valence-corrected chi connectivity index (χ3v) is 2.55. The number of carbonyl (C=O) groups is 1. The van der Waals surface area contributed by atoms with Crippen molar-refractivity contribution in [1.29, 1.82) is 0 Å². The second-order valence-electron chi connectivity index (χ2n) is 3.24. The molecule has 0 radical (unpaired) electrons. The number of hydrogen-bond donors (Lipinski definition) is 0. The number of rotatable bonds is 4. The van der Waals surface area contributed by atoms with Crippen LogP contribution in [0.25, 0.3) is 0 Å². The zero-order chi connectivity index (χ0) is 13.1. The Morgan fingerprint density at radius 1 is 1.41 bits per heavy atom. The van der Waals surface area contributed by atoms with Gasteiger partial charge in [0.1, 0.15) is 5.75 Å². The van der Waals surface area contributed by atoms with E-state index in [1.807, 2.05) is 0 Å². The van der Waals surface area contributed by atoms with Gasteiger partial charge in [0, 0.05) is 11.8 Å².